The van der Waals surface area contributed by atoms with Gasteiger partial charge in [0, 0.05) is 36.1 Å². The van der Waals surface area contributed by atoms with Crippen LogP contribution in [-0.4, -0.2) is 43.0 Å². The number of carbonyl (C=O) groups is 1. The van der Waals surface area contributed by atoms with Crippen molar-refractivity contribution >= 4 is 17.3 Å². The smallest absolute Gasteiger partial charge is 0.371 e. The van der Waals surface area contributed by atoms with Gasteiger partial charge in [-0.05, 0) is 81.1 Å². The van der Waals surface area contributed by atoms with Crippen LogP contribution in [0.1, 0.15) is 54.1 Å². The summed E-state index contributed by atoms with van der Waals surface area (Å²) in [5.41, 5.74) is -2.06. The van der Waals surface area contributed by atoms with Gasteiger partial charge in [0.05, 0.1) is 11.1 Å². The predicted molar refractivity (Wildman–Crippen MR) is 126 cm³/mol. The van der Waals surface area contributed by atoms with Gasteiger partial charge in [-0.1, -0.05) is 13.0 Å². The van der Waals surface area contributed by atoms with Crippen LogP contribution in [0.4, 0.5) is 37.7 Å². The lowest BCUT2D eigenvalue weighted by atomic mass is 9.94. The van der Waals surface area contributed by atoms with Gasteiger partial charge in [0.25, 0.3) is 5.91 Å². The molecule has 36 heavy (non-hydrogen) atoms. The molecule has 2 aromatic carbocycles. The fourth-order valence-corrected chi connectivity index (χ4v) is 4.95. The van der Waals surface area contributed by atoms with Crippen molar-refractivity contribution in [1.82, 2.24) is 4.90 Å². The van der Waals surface area contributed by atoms with Crippen LogP contribution in [0, 0.1) is 5.92 Å². The number of rotatable bonds is 4. The third kappa shape index (κ3) is 6.32. The highest BCUT2D eigenvalue weighted by molar-refractivity contribution is 6.05. The summed E-state index contributed by atoms with van der Waals surface area (Å²) in [7, 11) is 0. The molecule has 1 N–H and O–H groups in total. The summed E-state index contributed by atoms with van der Waals surface area (Å²) in [6.07, 6.45) is -5.35. The summed E-state index contributed by atoms with van der Waals surface area (Å²) < 4.78 is 79.9. The fourth-order valence-electron chi connectivity index (χ4n) is 4.95. The second-order valence-corrected chi connectivity index (χ2v) is 9.74. The van der Waals surface area contributed by atoms with Crippen LogP contribution >= 0.6 is 0 Å². The van der Waals surface area contributed by atoms with Crippen LogP contribution < -0.4 is 10.2 Å². The molecule has 2 aliphatic heterocycles. The second-order valence-electron chi connectivity index (χ2n) is 9.74. The van der Waals surface area contributed by atoms with Crippen molar-refractivity contribution in [2.24, 2.45) is 5.92 Å². The number of nitrogens with zero attached hydrogens (tertiary/aromatic N) is 2. The molecule has 1 amide bonds. The molecule has 196 valence electrons. The van der Waals surface area contributed by atoms with Gasteiger partial charge >= 0.3 is 12.4 Å². The van der Waals surface area contributed by atoms with Gasteiger partial charge in [-0.25, -0.2) is 0 Å². The van der Waals surface area contributed by atoms with E-state index in [0.717, 1.165) is 69.1 Å². The maximum Gasteiger partial charge on any atom is 0.416 e. The van der Waals surface area contributed by atoms with Crippen LogP contribution in [0.2, 0.25) is 0 Å². The van der Waals surface area contributed by atoms with Gasteiger partial charge in [0.1, 0.15) is 0 Å². The highest BCUT2D eigenvalue weighted by Gasteiger charge is 2.34. The van der Waals surface area contributed by atoms with Gasteiger partial charge in [0.2, 0.25) is 0 Å². The molecule has 0 atom stereocenters. The van der Waals surface area contributed by atoms with Gasteiger partial charge in [-0.15, -0.1) is 0 Å². The van der Waals surface area contributed by atoms with Crippen LogP contribution in [0.3, 0.4) is 0 Å². The summed E-state index contributed by atoms with van der Waals surface area (Å²) in [5.74, 6) is -0.189. The monoisotopic (exact) mass is 513 g/mol. The molecule has 2 aliphatic rings. The average molecular weight is 514 g/mol. The van der Waals surface area contributed by atoms with Crippen molar-refractivity contribution in [3.05, 3.63) is 59.2 Å². The first-order valence-corrected chi connectivity index (χ1v) is 12.1. The number of hydrogen-bond acceptors (Lipinski definition) is 3. The minimum absolute atomic E-state index is 0.148. The maximum absolute atomic E-state index is 13.6. The van der Waals surface area contributed by atoms with E-state index in [1.165, 1.54) is 12.1 Å². The molecule has 0 saturated carbocycles. The zero-order valence-corrected chi connectivity index (χ0v) is 19.9. The van der Waals surface area contributed by atoms with Crippen LogP contribution in [0.5, 0.6) is 0 Å². The second kappa shape index (κ2) is 10.3. The summed E-state index contributed by atoms with van der Waals surface area (Å²) >= 11 is 0. The number of halogens is 6. The molecule has 0 bridgehead atoms. The molecule has 2 fully saturated rings. The number of alkyl halides is 6. The first kappa shape index (κ1) is 26.3. The minimum Gasteiger partial charge on any atom is -0.371 e. The van der Waals surface area contributed by atoms with Gasteiger partial charge in [-0.3, -0.25) is 4.79 Å². The molecule has 10 heteroatoms. The first-order chi connectivity index (χ1) is 16.9. The lowest BCUT2D eigenvalue weighted by Crippen LogP contribution is -2.47. The predicted octanol–water partition coefficient (Wildman–Crippen LogP) is 6.68. The van der Waals surface area contributed by atoms with E-state index in [0.29, 0.717) is 25.0 Å². The van der Waals surface area contributed by atoms with E-state index in [-0.39, 0.29) is 16.9 Å². The largest absolute Gasteiger partial charge is 0.416 e. The lowest BCUT2D eigenvalue weighted by molar-refractivity contribution is -0.138. The Balaban J connectivity index is 1.51. The molecule has 2 saturated heterocycles. The molecule has 4 nitrogen and oxygen atoms in total. The number of benzene rings is 2. The topological polar surface area (TPSA) is 35.6 Å². The Bertz CT molecular complexity index is 1070. The van der Waals surface area contributed by atoms with Crippen molar-refractivity contribution in [3.8, 4) is 0 Å². The molecule has 4 rings (SSSR count). The molecule has 0 unspecified atom stereocenters. The highest BCUT2D eigenvalue weighted by Crippen LogP contribution is 2.35. The number of carbonyl (C=O) groups excluding carboxylic acids is 1. The summed E-state index contributed by atoms with van der Waals surface area (Å²) in [5, 5.41) is 2.30. The Labute approximate surface area is 206 Å². The highest BCUT2D eigenvalue weighted by atomic mass is 19.4. The van der Waals surface area contributed by atoms with E-state index < -0.39 is 29.4 Å². The summed E-state index contributed by atoms with van der Waals surface area (Å²) in [6, 6.07) is 7.52. The molecule has 0 aromatic heterocycles. The fraction of sp³-hybridized carbons (Fsp3) is 0.500. The van der Waals surface area contributed by atoms with Crippen molar-refractivity contribution in [1.29, 1.82) is 0 Å². The lowest BCUT2D eigenvalue weighted by Gasteiger charge is -2.42. The van der Waals surface area contributed by atoms with Gasteiger partial charge in [-0.2, -0.15) is 26.3 Å². The molecule has 2 heterocycles. The molecule has 0 radical (unpaired) electrons. The Morgan fingerprint density at radius 2 is 1.47 bits per heavy atom. The zero-order valence-electron chi connectivity index (χ0n) is 19.9. The standard InChI is InChI=1S/C26H29F6N3O/c1-17-5-9-34(10-6-17)22-7-11-35(12-8-22)23-14-18(13-20(16-23)26(30,31)32)24(36)33-21-4-2-3-19(15-21)25(27,28)29/h2-4,13-17,22H,5-12H2,1H3,(H,33,36). The molecular formula is C26H29F6N3O. The third-order valence-electron chi connectivity index (χ3n) is 7.12. The minimum atomic E-state index is -4.68. The molecule has 2 aromatic rings. The van der Waals surface area contributed by atoms with Crippen molar-refractivity contribution in [3.63, 3.8) is 0 Å². The van der Waals surface area contributed by atoms with Crippen LogP contribution in [0.25, 0.3) is 0 Å². The summed E-state index contributed by atoms with van der Waals surface area (Å²) in [6.45, 7) is 5.44. The van der Waals surface area contributed by atoms with E-state index in [4.69, 9.17) is 0 Å². The summed E-state index contributed by atoms with van der Waals surface area (Å²) in [4.78, 5) is 17.1. The Hall–Kier alpha value is -2.75. The Kier molecular flexibility index (Phi) is 7.54. The van der Waals surface area contributed by atoms with Crippen molar-refractivity contribution in [2.45, 2.75) is 51.0 Å². The van der Waals surface area contributed by atoms with Crippen molar-refractivity contribution in [2.75, 3.05) is 36.4 Å². The molecule has 0 aliphatic carbocycles. The zero-order chi connectivity index (χ0) is 26.1. The van der Waals surface area contributed by atoms with E-state index in [1.807, 2.05) is 4.90 Å². The van der Waals surface area contributed by atoms with Gasteiger partial charge < -0.3 is 15.1 Å². The average Bonchev–Trinajstić information content (AvgIpc) is 2.83. The van der Waals surface area contributed by atoms with Crippen LogP contribution in [0.15, 0.2) is 42.5 Å². The molecule has 0 spiro atoms. The number of piperidine rings is 2. The van der Waals surface area contributed by atoms with E-state index in [9.17, 15) is 31.1 Å². The number of hydrogen-bond donors (Lipinski definition) is 1. The van der Waals surface area contributed by atoms with E-state index >= 15 is 0 Å². The quantitative estimate of drug-likeness (QED) is 0.464. The molecular weight excluding hydrogens is 484 g/mol. The van der Waals surface area contributed by atoms with E-state index in [2.05, 4.69) is 17.1 Å². The number of nitrogens with one attached hydrogen (secondary N) is 1. The Morgan fingerprint density at radius 1 is 0.833 bits per heavy atom. The normalized spacial score (nSPS) is 18.9. The van der Waals surface area contributed by atoms with E-state index in [1.54, 1.807) is 0 Å². The maximum atomic E-state index is 13.6. The first-order valence-electron chi connectivity index (χ1n) is 12.1. The number of likely N-dealkylation sites (tertiary alicyclic amines) is 1. The number of amides is 1. The SMILES string of the molecule is CC1CCN(C2CCN(c3cc(C(=O)Nc4cccc(C(F)(F)F)c4)cc(C(F)(F)F)c3)CC2)CC1. The van der Waals surface area contributed by atoms with Crippen LogP contribution in [-0.2, 0) is 12.4 Å². The van der Waals surface area contributed by atoms with Gasteiger partial charge in [0.15, 0.2) is 0 Å². The number of anilines is 2. The third-order valence-corrected chi connectivity index (χ3v) is 7.12. The Morgan fingerprint density at radius 3 is 2.08 bits per heavy atom. The van der Waals surface area contributed by atoms with Crippen molar-refractivity contribution < 1.29 is 31.1 Å².